The van der Waals surface area contributed by atoms with Gasteiger partial charge in [-0.3, -0.25) is 4.79 Å². The standard InChI is InChI=1S/C18H23BF3NO3/c1-16(2)17(3,4)26-19(25-16)14-8-7-12(11-13(14)18(20,21)22)15(24)23-9-5-6-10-23/h7-8,11H,5-6,9-10H2,1-4H3. The van der Waals surface area contributed by atoms with Crippen molar-refractivity contribution in [1.29, 1.82) is 0 Å². The molecule has 1 aromatic rings. The molecule has 0 aromatic heterocycles. The smallest absolute Gasteiger partial charge is 0.399 e. The van der Waals surface area contributed by atoms with E-state index >= 15 is 0 Å². The normalized spacial score (nSPS) is 22.1. The number of halogens is 3. The molecule has 0 N–H and O–H groups in total. The van der Waals surface area contributed by atoms with Crippen molar-refractivity contribution >= 4 is 18.5 Å². The lowest BCUT2D eigenvalue weighted by molar-refractivity contribution is -0.136. The van der Waals surface area contributed by atoms with Crippen molar-refractivity contribution < 1.29 is 27.3 Å². The van der Waals surface area contributed by atoms with E-state index in [-0.39, 0.29) is 16.9 Å². The van der Waals surface area contributed by atoms with Gasteiger partial charge >= 0.3 is 13.3 Å². The zero-order valence-corrected chi connectivity index (χ0v) is 15.4. The summed E-state index contributed by atoms with van der Waals surface area (Å²) in [6, 6.07) is 3.64. The summed E-state index contributed by atoms with van der Waals surface area (Å²) in [5, 5.41) is 0. The van der Waals surface area contributed by atoms with Crippen molar-refractivity contribution in [3.05, 3.63) is 29.3 Å². The number of likely N-dealkylation sites (tertiary alicyclic amines) is 1. The van der Waals surface area contributed by atoms with Crippen LogP contribution in [0.25, 0.3) is 0 Å². The molecule has 1 amide bonds. The Hall–Kier alpha value is -1.54. The highest BCUT2D eigenvalue weighted by Crippen LogP contribution is 2.38. The van der Waals surface area contributed by atoms with Crippen LogP contribution in [0.1, 0.15) is 56.5 Å². The van der Waals surface area contributed by atoms with E-state index in [1.165, 1.54) is 12.1 Å². The molecule has 4 nitrogen and oxygen atoms in total. The first-order chi connectivity index (χ1) is 11.9. The van der Waals surface area contributed by atoms with Crippen molar-refractivity contribution in [2.45, 2.75) is 57.9 Å². The third kappa shape index (κ3) is 3.36. The zero-order chi connectivity index (χ0) is 19.3. The predicted octanol–water partition coefficient (Wildman–Crippen LogP) is 3.24. The number of alkyl halides is 3. The molecule has 2 aliphatic heterocycles. The molecule has 2 fully saturated rings. The van der Waals surface area contributed by atoms with Crippen LogP contribution in [0.4, 0.5) is 13.2 Å². The zero-order valence-electron chi connectivity index (χ0n) is 15.4. The fourth-order valence-electron chi connectivity index (χ4n) is 3.21. The molecule has 142 valence electrons. The Morgan fingerprint density at radius 2 is 1.62 bits per heavy atom. The van der Waals surface area contributed by atoms with Gasteiger partial charge in [0.05, 0.1) is 16.8 Å². The summed E-state index contributed by atoms with van der Waals surface area (Å²) in [5.74, 6) is -0.367. The van der Waals surface area contributed by atoms with E-state index in [1.54, 1.807) is 32.6 Å². The number of hydrogen-bond donors (Lipinski definition) is 0. The van der Waals surface area contributed by atoms with Crippen molar-refractivity contribution in [3.8, 4) is 0 Å². The van der Waals surface area contributed by atoms with E-state index in [0.29, 0.717) is 13.1 Å². The van der Waals surface area contributed by atoms with Gasteiger partial charge in [0.1, 0.15) is 0 Å². The lowest BCUT2D eigenvalue weighted by Crippen LogP contribution is -2.41. The van der Waals surface area contributed by atoms with Gasteiger partial charge in [0.15, 0.2) is 0 Å². The van der Waals surface area contributed by atoms with Crippen LogP contribution >= 0.6 is 0 Å². The van der Waals surface area contributed by atoms with Gasteiger partial charge in [-0.1, -0.05) is 6.07 Å². The molecular weight excluding hydrogens is 346 g/mol. The van der Waals surface area contributed by atoms with Gasteiger partial charge in [0.25, 0.3) is 5.91 Å². The van der Waals surface area contributed by atoms with E-state index in [4.69, 9.17) is 9.31 Å². The summed E-state index contributed by atoms with van der Waals surface area (Å²) >= 11 is 0. The lowest BCUT2D eigenvalue weighted by Gasteiger charge is -2.32. The molecule has 0 unspecified atom stereocenters. The van der Waals surface area contributed by atoms with Crippen LogP contribution in [0.15, 0.2) is 18.2 Å². The quantitative estimate of drug-likeness (QED) is 0.752. The Bertz CT molecular complexity index is 696. The average molecular weight is 369 g/mol. The third-order valence-corrected chi connectivity index (χ3v) is 5.51. The minimum atomic E-state index is -4.61. The number of hydrogen-bond acceptors (Lipinski definition) is 3. The first-order valence-corrected chi connectivity index (χ1v) is 8.78. The minimum absolute atomic E-state index is 0.0412. The second-order valence-electron chi connectivity index (χ2n) is 7.89. The monoisotopic (exact) mass is 369 g/mol. The lowest BCUT2D eigenvalue weighted by atomic mass is 9.75. The molecule has 8 heteroatoms. The van der Waals surface area contributed by atoms with Crippen LogP contribution in [0, 0.1) is 0 Å². The van der Waals surface area contributed by atoms with Crippen molar-refractivity contribution in [2.24, 2.45) is 0 Å². The maximum Gasteiger partial charge on any atom is 0.495 e. The SMILES string of the molecule is CC1(C)OB(c2ccc(C(=O)N3CCCC3)cc2C(F)(F)F)OC1(C)C. The highest BCUT2D eigenvalue weighted by atomic mass is 19.4. The minimum Gasteiger partial charge on any atom is -0.399 e. The molecule has 0 atom stereocenters. The fraction of sp³-hybridized carbons (Fsp3) is 0.611. The van der Waals surface area contributed by atoms with E-state index in [1.807, 2.05) is 0 Å². The summed E-state index contributed by atoms with van der Waals surface area (Å²) in [4.78, 5) is 14.0. The van der Waals surface area contributed by atoms with Gasteiger partial charge in [-0.25, -0.2) is 0 Å². The number of carbonyl (C=O) groups excluding carboxylic acids is 1. The fourth-order valence-corrected chi connectivity index (χ4v) is 3.21. The maximum absolute atomic E-state index is 13.7. The highest BCUT2D eigenvalue weighted by Gasteiger charge is 2.53. The largest absolute Gasteiger partial charge is 0.495 e. The molecule has 3 rings (SSSR count). The van der Waals surface area contributed by atoms with Crippen LogP contribution in [-0.4, -0.2) is 42.2 Å². The number of amides is 1. The topological polar surface area (TPSA) is 38.8 Å². The van der Waals surface area contributed by atoms with Crippen molar-refractivity contribution in [2.75, 3.05) is 13.1 Å². The summed E-state index contributed by atoms with van der Waals surface area (Å²) < 4.78 is 52.6. The number of carbonyl (C=O) groups is 1. The Kier molecular flexibility index (Phi) is 4.64. The van der Waals surface area contributed by atoms with Crippen LogP contribution in [0.5, 0.6) is 0 Å². The first-order valence-electron chi connectivity index (χ1n) is 8.78. The summed E-state index contributed by atoms with van der Waals surface area (Å²) in [6.07, 6.45) is -2.85. The van der Waals surface area contributed by atoms with E-state index < -0.39 is 30.1 Å². The number of benzene rings is 1. The van der Waals surface area contributed by atoms with Crippen LogP contribution in [-0.2, 0) is 15.5 Å². The second-order valence-corrected chi connectivity index (χ2v) is 7.89. The molecule has 0 radical (unpaired) electrons. The average Bonchev–Trinajstić information content (AvgIpc) is 3.12. The number of rotatable bonds is 2. The Balaban J connectivity index is 1.97. The Labute approximate surface area is 151 Å². The molecule has 0 aliphatic carbocycles. The van der Waals surface area contributed by atoms with Crippen LogP contribution in [0.3, 0.4) is 0 Å². The van der Waals surface area contributed by atoms with Gasteiger partial charge < -0.3 is 14.2 Å². The molecule has 2 aliphatic rings. The molecule has 26 heavy (non-hydrogen) atoms. The molecule has 2 saturated heterocycles. The summed E-state index contributed by atoms with van der Waals surface area (Å²) in [6.45, 7) is 8.30. The molecular formula is C18H23BF3NO3. The first kappa shape index (κ1) is 19.2. The molecule has 0 spiro atoms. The maximum atomic E-state index is 13.7. The van der Waals surface area contributed by atoms with Crippen molar-refractivity contribution in [3.63, 3.8) is 0 Å². The molecule has 2 heterocycles. The van der Waals surface area contributed by atoms with Gasteiger partial charge in [-0.2, -0.15) is 13.2 Å². The van der Waals surface area contributed by atoms with E-state index in [9.17, 15) is 18.0 Å². The highest BCUT2D eigenvalue weighted by molar-refractivity contribution is 6.62. The number of nitrogens with zero attached hydrogens (tertiary/aromatic N) is 1. The molecule has 1 aromatic carbocycles. The van der Waals surface area contributed by atoms with E-state index in [2.05, 4.69) is 0 Å². The van der Waals surface area contributed by atoms with Crippen LogP contribution < -0.4 is 5.46 Å². The third-order valence-electron chi connectivity index (χ3n) is 5.51. The predicted molar refractivity (Wildman–Crippen MR) is 92.3 cm³/mol. The van der Waals surface area contributed by atoms with Crippen LogP contribution in [0.2, 0.25) is 0 Å². The summed E-state index contributed by atoms with van der Waals surface area (Å²) in [7, 11) is -1.13. The molecule has 0 bridgehead atoms. The van der Waals surface area contributed by atoms with Crippen molar-refractivity contribution in [1.82, 2.24) is 4.90 Å². The summed E-state index contributed by atoms with van der Waals surface area (Å²) in [5.41, 5.74) is -2.44. The van der Waals surface area contributed by atoms with Gasteiger partial charge in [0, 0.05) is 18.7 Å². The van der Waals surface area contributed by atoms with Gasteiger partial charge in [0.2, 0.25) is 0 Å². The Morgan fingerprint density at radius 1 is 1.08 bits per heavy atom. The second kappa shape index (κ2) is 6.27. The van der Waals surface area contributed by atoms with E-state index in [0.717, 1.165) is 18.9 Å². The Morgan fingerprint density at radius 3 is 2.12 bits per heavy atom. The van der Waals surface area contributed by atoms with Gasteiger partial charge in [-0.15, -0.1) is 0 Å². The molecule has 0 saturated carbocycles. The van der Waals surface area contributed by atoms with Gasteiger partial charge in [-0.05, 0) is 58.1 Å².